The molecule has 4 aromatic rings. The first kappa shape index (κ1) is 20.4. The van der Waals surface area contributed by atoms with E-state index < -0.39 is 0 Å². The SMILES string of the molecule is COc1cccc(Cc2cccc(Oc3ccc(C(=O)c4ccc(C)cc4)cc3)c2)c1. The van der Waals surface area contributed by atoms with E-state index in [4.69, 9.17) is 9.47 Å². The van der Waals surface area contributed by atoms with Crippen LogP contribution in [0.1, 0.15) is 32.6 Å². The van der Waals surface area contributed by atoms with Gasteiger partial charge in [0.1, 0.15) is 17.2 Å². The number of hydrogen-bond donors (Lipinski definition) is 0. The second-order valence-corrected chi connectivity index (χ2v) is 7.50. The lowest BCUT2D eigenvalue weighted by molar-refractivity contribution is 0.103. The summed E-state index contributed by atoms with van der Waals surface area (Å²) in [6.45, 7) is 2.01. The molecule has 0 aromatic heterocycles. The van der Waals surface area contributed by atoms with Crippen molar-refractivity contribution in [3.05, 3.63) is 125 Å². The summed E-state index contributed by atoms with van der Waals surface area (Å²) in [5.74, 6) is 2.31. The number of carbonyl (C=O) groups is 1. The van der Waals surface area contributed by atoms with Gasteiger partial charge in [-0.15, -0.1) is 0 Å². The molecule has 3 nitrogen and oxygen atoms in total. The van der Waals surface area contributed by atoms with E-state index in [-0.39, 0.29) is 5.78 Å². The summed E-state index contributed by atoms with van der Waals surface area (Å²) < 4.78 is 11.3. The van der Waals surface area contributed by atoms with Crippen molar-refractivity contribution < 1.29 is 14.3 Å². The van der Waals surface area contributed by atoms with E-state index in [0.29, 0.717) is 16.9 Å². The van der Waals surface area contributed by atoms with Crippen LogP contribution in [0.2, 0.25) is 0 Å². The largest absolute Gasteiger partial charge is 0.497 e. The van der Waals surface area contributed by atoms with Crippen molar-refractivity contribution in [1.29, 1.82) is 0 Å². The normalized spacial score (nSPS) is 10.5. The monoisotopic (exact) mass is 408 g/mol. The van der Waals surface area contributed by atoms with Gasteiger partial charge in [0.05, 0.1) is 7.11 Å². The second-order valence-electron chi connectivity index (χ2n) is 7.50. The molecule has 0 atom stereocenters. The third-order valence-electron chi connectivity index (χ3n) is 5.11. The molecule has 0 aliphatic rings. The second kappa shape index (κ2) is 9.31. The molecule has 31 heavy (non-hydrogen) atoms. The molecule has 0 aliphatic carbocycles. The fourth-order valence-electron chi connectivity index (χ4n) is 3.42. The Labute approximate surface area is 182 Å². The molecule has 0 fully saturated rings. The third kappa shape index (κ3) is 5.20. The molecule has 0 bridgehead atoms. The van der Waals surface area contributed by atoms with Gasteiger partial charge in [-0.3, -0.25) is 4.79 Å². The first-order chi connectivity index (χ1) is 15.1. The number of benzene rings is 4. The molecule has 0 spiro atoms. The van der Waals surface area contributed by atoms with Gasteiger partial charge in [0, 0.05) is 11.1 Å². The van der Waals surface area contributed by atoms with E-state index in [1.54, 1.807) is 19.2 Å². The van der Waals surface area contributed by atoms with Gasteiger partial charge < -0.3 is 9.47 Å². The lowest BCUT2D eigenvalue weighted by atomic mass is 10.0. The van der Waals surface area contributed by atoms with E-state index in [2.05, 4.69) is 12.1 Å². The molecule has 3 heteroatoms. The van der Waals surface area contributed by atoms with Crippen LogP contribution < -0.4 is 9.47 Å². The van der Waals surface area contributed by atoms with E-state index in [1.165, 1.54) is 5.56 Å². The molecule has 0 amide bonds. The molecular weight excluding hydrogens is 384 g/mol. The zero-order valence-electron chi connectivity index (χ0n) is 17.7. The lowest BCUT2D eigenvalue weighted by Crippen LogP contribution is -2.01. The van der Waals surface area contributed by atoms with Crippen molar-refractivity contribution in [3.8, 4) is 17.2 Å². The molecule has 4 aromatic carbocycles. The van der Waals surface area contributed by atoms with Gasteiger partial charge in [0.15, 0.2) is 5.78 Å². The number of rotatable bonds is 7. The standard InChI is InChI=1S/C28H24O3/c1-20-9-11-23(12-10-20)28(29)24-13-15-25(16-14-24)31-27-8-4-6-22(19-27)17-21-5-3-7-26(18-21)30-2/h3-16,18-19H,17H2,1-2H3. The van der Waals surface area contributed by atoms with Crippen LogP contribution in [-0.4, -0.2) is 12.9 Å². The zero-order valence-corrected chi connectivity index (χ0v) is 17.7. The van der Waals surface area contributed by atoms with Gasteiger partial charge in [-0.05, 0) is 73.0 Å². The Morgan fingerprint density at radius 2 is 1.23 bits per heavy atom. The summed E-state index contributed by atoms with van der Waals surface area (Å²) in [6, 6.07) is 31.0. The predicted octanol–water partition coefficient (Wildman–Crippen LogP) is 6.62. The van der Waals surface area contributed by atoms with Crippen LogP contribution in [0.15, 0.2) is 97.1 Å². The number of methoxy groups -OCH3 is 1. The minimum atomic E-state index is 0.00633. The first-order valence-corrected chi connectivity index (χ1v) is 10.2. The van der Waals surface area contributed by atoms with E-state index in [0.717, 1.165) is 29.0 Å². The third-order valence-corrected chi connectivity index (χ3v) is 5.11. The van der Waals surface area contributed by atoms with E-state index in [9.17, 15) is 4.79 Å². The maximum Gasteiger partial charge on any atom is 0.193 e. The highest BCUT2D eigenvalue weighted by Crippen LogP contribution is 2.25. The Balaban J connectivity index is 1.45. The maximum atomic E-state index is 12.6. The van der Waals surface area contributed by atoms with Crippen molar-refractivity contribution in [2.45, 2.75) is 13.3 Å². The highest BCUT2D eigenvalue weighted by Gasteiger charge is 2.09. The van der Waals surface area contributed by atoms with Crippen LogP contribution in [0.5, 0.6) is 17.2 Å². The van der Waals surface area contributed by atoms with Gasteiger partial charge in [-0.25, -0.2) is 0 Å². The summed E-state index contributed by atoms with van der Waals surface area (Å²) in [6.07, 6.45) is 0.790. The zero-order chi connectivity index (χ0) is 21.6. The molecule has 0 radical (unpaired) electrons. The Hall–Kier alpha value is -3.85. The smallest absolute Gasteiger partial charge is 0.193 e. The van der Waals surface area contributed by atoms with Crippen molar-refractivity contribution in [2.24, 2.45) is 0 Å². The average molecular weight is 408 g/mol. The van der Waals surface area contributed by atoms with Crippen LogP contribution >= 0.6 is 0 Å². The van der Waals surface area contributed by atoms with Crippen molar-refractivity contribution >= 4 is 5.78 Å². The quantitative estimate of drug-likeness (QED) is 0.323. The highest BCUT2D eigenvalue weighted by atomic mass is 16.5. The van der Waals surface area contributed by atoms with Crippen LogP contribution in [0.4, 0.5) is 0 Å². The number of carbonyl (C=O) groups excluding carboxylic acids is 1. The molecule has 4 rings (SSSR count). The fraction of sp³-hybridized carbons (Fsp3) is 0.107. The minimum Gasteiger partial charge on any atom is -0.497 e. The molecular formula is C28H24O3. The molecule has 0 saturated carbocycles. The Bertz CT molecular complexity index is 1180. The lowest BCUT2D eigenvalue weighted by Gasteiger charge is -2.09. The van der Waals surface area contributed by atoms with Crippen molar-refractivity contribution in [2.75, 3.05) is 7.11 Å². The van der Waals surface area contributed by atoms with Crippen molar-refractivity contribution in [3.63, 3.8) is 0 Å². The summed E-state index contributed by atoms with van der Waals surface area (Å²) in [4.78, 5) is 12.6. The topological polar surface area (TPSA) is 35.5 Å². The van der Waals surface area contributed by atoms with Crippen LogP contribution in [0.3, 0.4) is 0 Å². The molecule has 154 valence electrons. The summed E-state index contributed by atoms with van der Waals surface area (Å²) in [5.41, 5.74) is 4.79. The van der Waals surface area contributed by atoms with E-state index in [1.807, 2.05) is 79.7 Å². The summed E-state index contributed by atoms with van der Waals surface area (Å²) in [5, 5.41) is 0. The van der Waals surface area contributed by atoms with Crippen molar-refractivity contribution in [1.82, 2.24) is 0 Å². The molecule has 0 saturated heterocycles. The number of ether oxygens (including phenoxy) is 2. The molecule has 0 aliphatic heterocycles. The first-order valence-electron chi connectivity index (χ1n) is 10.2. The Morgan fingerprint density at radius 3 is 1.84 bits per heavy atom. The predicted molar refractivity (Wildman–Crippen MR) is 123 cm³/mol. The molecule has 0 heterocycles. The molecule has 0 unspecified atom stereocenters. The number of aryl methyl sites for hydroxylation is 1. The summed E-state index contributed by atoms with van der Waals surface area (Å²) >= 11 is 0. The highest BCUT2D eigenvalue weighted by molar-refractivity contribution is 6.09. The van der Waals surface area contributed by atoms with Gasteiger partial charge in [0.2, 0.25) is 0 Å². The number of ketones is 1. The van der Waals surface area contributed by atoms with E-state index >= 15 is 0 Å². The van der Waals surface area contributed by atoms with Gasteiger partial charge in [0.25, 0.3) is 0 Å². The molecule has 0 N–H and O–H groups in total. The van der Waals surface area contributed by atoms with Gasteiger partial charge in [-0.2, -0.15) is 0 Å². The Morgan fingerprint density at radius 1 is 0.677 bits per heavy atom. The van der Waals surface area contributed by atoms with Gasteiger partial charge in [-0.1, -0.05) is 54.1 Å². The van der Waals surface area contributed by atoms with Crippen LogP contribution in [0.25, 0.3) is 0 Å². The fourth-order valence-corrected chi connectivity index (χ4v) is 3.42. The Kier molecular flexibility index (Phi) is 6.13. The number of hydrogen-bond acceptors (Lipinski definition) is 3. The van der Waals surface area contributed by atoms with Crippen LogP contribution in [-0.2, 0) is 6.42 Å². The average Bonchev–Trinajstić information content (AvgIpc) is 2.80. The van der Waals surface area contributed by atoms with Gasteiger partial charge >= 0.3 is 0 Å². The maximum absolute atomic E-state index is 12.6. The minimum absolute atomic E-state index is 0.00633. The van der Waals surface area contributed by atoms with Crippen LogP contribution in [0, 0.1) is 6.92 Å². The summed E-state index contributed by atoms with van der Waals surface area (Å²) in [7, 11) is 1.67.